The van der Waals surface area contributed by atoms with Crippen LogP contribution in [-0.2, 0) is 0 Å². The summed E-state index contributed by atoms with van der Waals surface area (Å²) in [5.41, 5.74) is 0. The highest BCUT2D eigenvalue weighted by molar-refractivity contribution is 4.57. The third kappa shape index (κ3) is 2.28. The minimum atomic E-state index is 0.168. The van der Waals surface area contributed by atoms with E-state index in [1.54, 1.807) is 0 Å². The van der Waals surface area contributed by atoms with Gasteiger partial charge in [0.15, 0.2) is 0 Å². The first kappa shape index (κ1) is 7.92. The molecule has 0 heterocycles. The number of aliphatic hydroxyl groups is 2. The Bertz CT molecular complexity index is 46.5. The second-order valence-electron chi connectivity index (χ2n) is 2.32. The minimum absolute atomic E-state index is 0.168. The van der Waals surface area contributed by atoms with E-state index < -0.39 is 0 Å². The fourth-order valence-electron chi connectivity index (χ4n) is 0.360. The summed E-state index contributed by atoms with van der Waals surface area (Å²) >= 11 is 0. The van der Waals surface area contributed by atoms with Crippen molar-refractivity contribution in [1.82, 2.24) is 0 Å². The van der Waals surface area contributed by atoms with E-state index in [4.69, 9.17) is 10.2 Å². The van der Waals surface area contributed by atoms with Gasteiger partial charge in [-0.15, -0.1) is 0 Å². The second kappa shape index (κ2) is 3.87. The Morgan fingerprint density at radius 3 is 1.38 bits per heavy atom. The summed E-state index contributed by atoms with van der Waals surface area (Å²) in [6.45, 7) is 4.17. The maximum atomic E-state index is 8.53. The van der Waals surface area contributed by atoms with Crippen molar-refractivity contribution >= 4 is 0 Å². The highest BCUT2D eigenvalue weighted by atomic mass is 16.3. The van der Waals surface area contributed by atoms with Gasteiger partial charge in [-0.25, -0.2) is 0 Å². The van der Waals surface area contributed by atoms with Gasteiger partial charge >= 0.3 is 0 Å². The van der Waals surface area contributed by atoms with Gasteiger partial charge in [0, 0.05) is 13.2 Å². The van der Waals surface area contributed by atoms with Crippen LogP contribution in [0, 0.1) is 11.8 Å². The van der Waals surface area contributed by atoms with Crippen LogP contribution in [0.25, 0.3) is 0 Å². The van der Waals surface area contributed by atoms with Crippen molar-refractivity contribution in [3.05, 3.63) is 0 Å². The van der Waals surface area contributed by atoms with Crippen molar-refractivity contribution in [1.29, 1.82) is 0 Å². The van der Waals surface area contributed by atoms with E-state index in [-0.39, 0.29) is 25.0 Å². The molecular weight excluding hydrogens is 104 g/mol. The quantitative estimate of drug-likeness (QED) is 0.557. The summed E-state index contributed by atoms with van der Waals surface area (Å²) < 4.78 is 0. The maximum absolute atomic E-state index is 8.53. The number of rotatable bonds is 3. The standard InChI is InChI=1S/C6H14O2/c1-5(3-7)6(2)4-8/h5-8H,3-4H2,1-2H3/t5-,6+. The van der Waals surface area contributed by atoms with Gasteiger partial charge in [-0.3, -0.25) is 0 Å². The largest absolute Gasteiger partial charge is 0.396 e. The van der Waals surface area contributed by atoms with E-state index in [0.717, 1.165) is 0 Å². The van der Waals surface area contributed by atoms with Gasteiger partial charge in [-0.2, -0.15) is 0 Å². The van der Waals surface area contributed by atoms with Crippen LogP contribution in [0.1, 0.15) is 13.8 Å². The summed E-state index contributed by atoms with van der Waals surface area (Å²) in [6.07, 6.45) is 0. The molecule has 0 bridgehead atoms. The van der Waals surface area contributed by atoms with Crippen LogP contribution in [0.4, 0.5) is 0 Å². The molecule has 0 aromatic heterocycles. The third-order valence-corrected chi connectivity index (χ3v) is 1.55. The summed E-state index contributed by atoms with van der Waals surface area (Å²) in [5, 5.41) is 17.1. The average molecular weight is 118 g/mol. The van der Waals surface area contributed by atoms with Crippen molar-refractivity contribution in [2.75, 3.05) is 13.2 Å². The minimum Gasteiger partial charge on any atom is -0.396 e. The predicted octanol–water partition coefficient (Wildman–Crippen LogP) is 0.243. The molecule has 2 atom stereocenters. The maximum Gasteiger partial charge on any atom is 0.0460 e. The van der Waals surface area contributed by atoms with Crippen molar-refractivity contribution < 1.29 is 10.2 Å². The van der Waals surface area contributed by atoms with Crippen LogP contribution in [0.15, 0.2) is 0 Å². The molecule has 0 radical (unpaired) electrons. The Morgan fingerprint density at radius 2 is 1.25 bits per heavy atom. The van der Waals surface area contributed by atoms with Gasteiger partial charge in [0.05, 0.1) is 0 Å². The monoisotopic (exact) mass is 118 g/mol. The van der Waals surface area contributed by atoms with Gasteiger partial charge in [0.2, 0.25) is 0 Å². The number of hydrogen-bond donors (Lipinski definition) is 2. The molecule has 2 nitrogen and oxygen atoms in total. The van der Waals surface area contributed by atoms with Crippen LogP contribution in [0.5, 0.6) is 0 Å². The van der Waals surface area contributed by atoms with Gasteiger partial charge in [-0.05, 0) is 11.8 Å². The zero-order chi connectivity index (χ0) is 6.57. The highest BCUT2D eigenvalue weighted by Gasteiger charge is 2.07. The summed E-state index contributed by atoms with van der Waals surface area (Å²) in [6, 6.07) is 0. The Kier molecular flexibility index (Phi) is 3.83. The van der Waals surface area contributed by atoms with Crippen molar-refractivity contribution in [3.8, 4) is 0 Å². The normalized spacial score (nSPS) is 18.0. The van der Waals surface area contributed by atoms with E-state index in [1.807, 2.05) is 13.8 Å². The zero-order valence-corrected chi connectivity index (χ0v) is 5.46. The molecule has 8 heavy (non-hydrogen) atoms. The molecule has 2 heteroatoms. The zero-order valence-electron chi connectivity index (χ0n) is 5.46. The first-order chi connectivity index (χ1) is 3.72. The molecule has 0 aliphatic rings. The summed E-state index contributed by atoms with van der Waals surface area (Å²) in [4.78, 5) is 0. The molecule has 0 saturated carbocycles. The van der Waals surface area contributed by atoms with E-state index >= 15 is 0 Å². The molecule has 0 amide bonds. The first-order valence-corrected chi connectivity index (χ1v) is 2.94. The Morgan fingerprint density at radius 1 is 1.00 bits per heavy atom. The van der Waals surface area contributed by atoms with Crippen LogP contribution < -0.4 is 0 Å². The number of hydrogen-bond acceptors (Lipinski definition) is 2. The van der Waals surface area contributed by atoms with E-state index in [1.165, 1.54) is 0 Å². The SMILES string of the molecule is C[C@H](CO)[C@@H](C)CO. The second-order valence-corrected chi connectivity index (χ2v) is 2.32. The van der Waals surface area contributed by atoms with E-state index in [9.17, 15) is 0 Å². The van der Waals surface area contributed by atoms with Gasteiger partial charge in [-0.1, -0.05) is 13.8 Å². The molecule has 0 saturated heterocycles. The van der Waals surface area contributed by atoms with Crippen molar-refractivity contribution in [2.24, 2.45) is 11.8 Å². The van der Waals surface area contributed by atoms with Crippen LogP contribution in [-0.4, -0.2) is 23.4 Å². The van der Waals surface area contributed by atoms with Gasteiger partial charge < -0.3 is 10.2 Å². The molecule has 0 fully saturated rings. The lowest BCUT2D eigenvalue weighted by molar-refractivity contribution is 0.141. The molecule has 50 valence electrons. The smallest absolute Gasteiger partial charge is 0.0460 e. The lowest BCUT2D eigenvalue weighted by Gasteiger charge is -2.13. The highest BCUT2D eigenvalue weighted by Crippen LogP contribution is 2.07. The molecule has 0 aromatic rings. The van der Waals surface area contributed by atoms with Gasteiger partial charge in [0.1, 0.15) is 0 Å². The average Bonchev–Trinajstić information content (AvgIpc) is 1.84. The van der Waals surface area contributed by atoms with E-state index in [0.29, 0.717) is 0 Å². The predicted molar refractivity (Wildman–Crippen MR) is 32.5 cm³/mol. The lowest BCUT2D eigenvalue weighted by atomic mass is 9.98. The molecule has 0 unspecified atom stereocenters. The van der Waals surface area contributed by atoms with E-state index in [2.05, 4.69) is 0 Å². The van der Waals surface area contributed by atoms with Crippen molar-refractivity contribution in [2.45, 2.75) is 13.8 Å². The van der Waals surface area contributed by atoms with Crippen LogP contribution >= 0.6 is 0 Å². The van der Waals surface area contributed by atoms with Crippen molar-refractivity contribution in [3.63, 3.8) is 0 Å². The van der Waals surface area contributed by atoms with Crippen LogP contribution in [0.3, 0.4) is 0 Å². The molecule has 2 N–H and O–H groups in total. The topological polar surface area (TPSA) is 40.5 Å². The first-order valence-electron chi connectivity index (χ1n) is 2.94. The Hall–Kier alpha value is -0.0800. The molecule has 0 aromatic carbocycles. The summed E-state index contributed by atoms with van der Waals surface area (Å²) in [7, 11) is 0. The number of aliphatic hydroxyl groups excluding tert-OH is 2. The molecule has 0 aliphatic carbocycles. The summed E-state index contributed by atoms with van der Waals surface area (Å²) in [5.74, 6) is 0.444. The fourth-order valence-corrected chi connectivity index (χ4v) is 0.360. The Balaban J connectivity index is 3.29. The molecule has 0 aliphatic heterocycles. The fraction of sp³-hybridized carbons (Fsp3) is 1.00. The molecule has 0 rings (SSSR count). The Labute approximate surface area is 50.2 Å². The third-order valence-electron chi connectivity index (χ3n) is 1.55. The molecule has 0 spiro atoms. The van der Waals surface area contributed by atoms with Crippen LogP contribution in [0.2, 0.25) is 0 Å². The molecular formula is C6H14O2. The van der Waals surface area contributed by atoms with Gasteiger partial charge in [0.25, 0.3) is 0 Å². The lowest BCUT2D eigenvalue weighted by Crippen LogP contribution is -2.15.